The molecule has 0 aromatic rings. The Morgan fingerprint density at radius 1 is 1.08 bits per heavy atom. The highest BCUT2D eigenvalue weighted by Gasteiger charge is 2.29. The number of hydrogen-bond donors (Lipinski definition) is 0. The minimum absolute atomic E-state index is 0.691. The second-order valence-corrected chi connectivity index (χ2v) is 4.29. The van der Waals surface area contributed by atoms with E-state index in [0.717, 1.165) is 0 Å². The highest BCUT2D eigenvalue weighted by molar-refractivity contribution is 4.86. The molecule has 1 fully saturated rings. The van der Waals surface area contributed by atoms with Crippen molar-refractivity contribution in [1.29, 1.82) is 0 Å². The van der Waals surface area contributed by atoms with Crippen LogP contribution in [-0.4, -0.2) is 48.1 Å². The van der Waals surface area contributed by atoms with Crippen LogP contribution in [-0.2, 0) is 0 Å². The first kappa shape index (κ1) is 10.0. The maximum atomic E-state index is 2.59. The Hall–Kier alpha value is -0.0800. The van der Waals surface area contributed by atoms with Gasteiger partial charge in [0.2, 0.25) is 0 Å². The molecule has 0 saturated carbocycles. The Morgan fingerprint density at radius 3 is 2.17 bits per heavy atom. The predicted molar refractivity (Wildman–Crippen MR) is 53.4 cm³/mol. The fourth-order valence-corrected chi connectivity index (χ4v) is 2.05. The first-order valence-corrected chi connectivity index (χ1v) is 5.00. The second kappa shape index (κ2) is 3.75. The largest absolute Gasteiger partial charge is 0.301 e. The highest BCUT2D eigenvalue weighted by Crippen LogP contribution is 2.17. The predicted octanol–water partition coefficient (Wildman–Crippen LogP) is 1.42. The summed E-state index contributed by atoms with van der Waals surface area (Å²) in [6, 6.07) is 2.08. The van der Waals surface area contributed by atoms with Gasteiger partial charge in [0.1, 0.15) is 0 Å². The molecule has 0 unspecified atom stereocenters. The van der Waals surface area contributed by atoms with Gasteiger partial charge in [-0.1, -0.05) is 0 Å². The van der Waals surface area contributed by atoms with E-state index >= 15 is 0 Å². The lowest BCUT2D eigenvalue weighted by molar-refractivity contribution is 0.0319. The zero-order valence-electron chi connectivity index (χ0n) is 9.04. The number of likely N-dealkylation sites (N-methyl/N-ethyl adjacent to an activating group) is 1. The molecule has 72 valence electrons. The lowest BCUT2D eigenvalue weighted by Gasteiger charge is -2.45. The van der Waals surface area contributed by atoms with Crippen molar-refractivity contribution in [1.82, 2.24) is 9.80 Å². The summed E-state index contributed by atoms with van der Waals surface area (Å²) < 4.78 is 0. The van der Waals surface area contributed by atoms with Gasteiger partial charge in [0, 0.05) is 31.2 Å². The molecule has 2 atom stereocenters. The van der Waals surface area contributed by atoms with Crippen LogP contribution in [0.25, 0.3) is 0 Å². The summed E-state index contributed by atoms with van der Waals surface area (Å²) in [5.41, 5.74) is 0. The van der Waals surface area contributed by atoms with Gasteiger partial charge in [-0.25, -0.2) is 0 Å². The molecule has 0 N–H and O–H groups in total. The van der Waals surface area contributed by atoms with Crippen molar-refractivity contribution in [2.24, 2.45) is 0 Å². The summed E-state index contributed by atoms with van der Waals surface area (Å²) in [5.74, 6) is 0. The molecule has 0 aromatic heterocycles. The van der Waals surface area contributed by atoms with Gasteiger partial charge in [-0.05, 0) is 34.7 Å². The zero-order valence-corrected chi connectivity index (χ0v) is 9.04. The number of hydrogen-bond acceptors (Lipinski definition) is 2. The maximum absolute atomic E-state index is 2.59. The molecule has 0 aliphatic carbocycles. The summed E-state index contributed by atoms with van der Waals surface area (Å²) in [5, 5.41) is 0. The summed E-state index contributed by atoms with van der Waals surface area (Å²) in [4.78, 5) is 5.04. The van der Waals surface area contributed by atoms with E-state index in [2.05, 4.69) is 44.5 Å². The number of piperazine rings is 1. The van der Waals surface area contributed by atoms with Crippen molar-refractivity contribution in [3.05, 3.63) is 0 Å². The van der Waals surface area contributed by atoms with Gasteiger partial charge in [0.05, 0.1) is 0 Å². The lowest BCUT2D eigenvalue weighted by atomic mass is 10.0. The maximum Gasteiger partial charge on any atom is 0.0223 e. The van der Waals surface area contributed by atoms with Crippen molar-refractivity contribution in [2.45, 2.75) is 45.8 Å². The van der Waals surface area contributed by atoms with Crippen LogP contribution in [0.2, 0.25) is 0 Å². The summed E-state index contributed by atoms with van der Waals surface area (Å²) in [7, 11) is 2.22. The summed E-state index contributed by atoms with van der Waals surface area (Å²) in [6.07, 6.45) is 0. The minimum Gasteiger partial charge on any atom is -0.301 e. The standard InChI is InChI=1S/C10H22N2/c1-8(2)12-7-6-11(5)9(3)10(12)4/h8-10H,6-7H2,1-5H3/t9-,10+/m0/s1. The van der Waals surface area contributed by atoms with Crippen molar-refractivity contribution < 1.29 is 0 Å². The summed E-state index contributed by atoms with van der Waals surface area (Å²) >= 11 is 0. The average molecular weight is 170 g/mol. The van der Waals surface area contributed by atoms with E-state index in [0.29, 0.717) is 18.1 Å². The van der Waals surface area contributed by atoms with E-state index in [1.54, 1.807) is 0 Å². The zero-order chi connectivity index (χ0) is 9.30. The van der Waals surface area contributed by atoms with Crippen LogP contribution in [0, 0.1) is 0 Å². The molecule has 1 heterocycles. The van der Waals surface area contributed by atoms with E-state index in [1.165, 1.54) is 13.1 Å². The third kappa shape index (κ3) is 1.80. The van der Waals surface area contributed by atoms with Gasteiger partial charge in [0.25, 0.3) is 0 Å². The number of rotatable bonds is 1. The smallest absolute Gasteiger partial charge is 0.0223 e. The van der Waals surface area contributed by atoms with Crippen LogP contribution in [0.4, 0.5) is 0 Å². The van der Waals surface area contributed by atoms with E-state index in [1.807, 2.05) is 0 Å². The van der Waals surface area contributed by atoms with Gasteiger partial charge >= 0.3 is 0 Å². The lowest BCUT2D eigenvalue weighted by Crippen LogP contribution is -2.57. The Morgan fingerprint density at radius 2 is 1.67 bits per heavy atom. The highest BCUT2D eigenvalue weighted by atomic mass is 15.3. The third-order valence-electron chi connectivity index (χ3n) is 3.29. The van der Waals surface area contributed by atoms with E-state index < -0.39 is 0 Å². The fourth-order valence-electron chi connectivity index (χ4n) is 2.05. The fraction of sp³-hybridized carbons (Fsp3) is 1.00. The van der Waals surface area contributed by atoms with E-state index in [9.17, 15) is 0 Å². The van der Waals surface area contributed by atoms with Crippen LogP contribution >= 0.6 is 0 Å². The van der Waals surface area contributed by atoms with Gasteiger partial charge < -0.3 is 4.90 Å². The molecular formula is C10H22N2. The Labute approximate surface area is 76.5 Å². The Kier molecular flexibility index (Phi) is 3.13. The van der Waals surface area contributed by atoms with Gasteiger partial charge in [-0.15, -0.1) is 0 Å². The van der Waals surface area contributed by atoms with E-state index in [4.69, 9.17) is 0 Å². The molecular weight excluding hydrogens is 148 g/mol. The molecule has 1 saturated heterocycles. The van der Waals surface area contributed by atoms with Crippen LogP contribution in [0.15, 0.2) is 0 Å². The molecule has 0 bridgehead atoms. The van der Waals surface area contributed by atoms with Crippen molar-refractivity contribution >= 4 is 0 Å². The number of nitrogens with zero attached hydrogens (tertiary/aromatic N) is 2. The molecule has 0 radical (unpaired) electrons. The SMILES string of the molecule is CC(C)N1CCN(C)[C@@H](C)[C@H]1C. The van der Waals surface area contributed by atoms with Crippen LogP contribution in [0.1, 0.15) is 27.7 Å². The van der Waals surface area contributed by atoms with E-state index in [-0.39, 0.29) is 0 Å². The van der Waals surface area contributed by atoms with Gasteiger partial charge in [-0.2, -0.15) is 0 Å². The molecule has 2 nitrogen and oxygen atoms in total. The summed E-state index contributed by atoms with van der Waals surface area (Å²) in [6.45, 7) is 11.7. The first-order valence-electron chi connectivity index (χ1n) is 5.00. The molecule has 2 heteroatoms. The average Bonchev–Trinajstić information content (AvgIpc) is 2.00. The normalized spacial score (nSPS) is 34.5. The Balaban J connectivity index is 2.58. The molecule has 0 amide bonds. The Bertz CT molecular complexity index is 145. The molecule has 1 rings (SSSR count). The van der Waals surface area contributed by atoms with Gasteiger partial charge in [-0.3, -0.25) is 4.90 Å². The van der Waals surface area contributed by atoms with Gasteiger partial charge in [0.15, 0.2) is 0 Å². The van der Waals surface area contributed by atoms with Crippen molar-refractivity contribution in [3.8, 4) is 0 Å². The monoisotopic (exact) mass is 170 g/mol. The molecule has 0 aromatic carbocycles. The minimum atomic E-state index is 0.691. The third-order valence-corrected chi connectivity index (χ3v) is 3.29. The van der Waals surface area contributed by atoms with Crippen LogP contribution < -0.4 is 0 Å². The van der Waals surface area contributed by atoms with Crippen LogP contribution in [0.5, 0.6) is 0 Å². The quantitative estimate of drug-likeness (QED) is 0.587. The topological polar surface area (TPSA) is 6.48 Å². The van der Waals surface area contributed by atoms with Crippen molar-refractivity contribution in [3.63, 3.8) is 0 Å². The van der Waals surface area contributed by atoms with Crippen molar-refractivity contribution in [2.75, 3.05) is 20.1 Å². The molecule has 12 heavy (non-hydrogen) atoms. The molecule has 1 aliphatic heterocycles. The first-order chi connectivity index (χ1) is 5.54. The second-order valence-electron chi connectivity index (χ2n) is 4.29. The molecule has 1 aliphatic rings. The molecule has 0 spiro atoms. The van der Waals surface area contributed by atoms with Crippen LogP contribution in [0.3, 0.4) is 0 Å².